The summed E-state index contributed by atoms with van der Waals surface area (Å²) in [6.07, 6.45) is 2.05. The van der Waals surface area contributed by atoms with Crippen molar-refractivity contribution in [3.8, 4) is 0 Å². The molecule has 8 heteroatoms. The molecule has 0 unspecified atom stereocenters. The molecule has 0 saturated carbocycles. The number of anilines is 2. The molecule has 0 aliphatic carbocycles. The van der Waals surface area contributed by atoms with Gasteiger partial charge in [0, 0.05) is 44.3 Å². The number of hydrogen-bond donors (Lipinski definition) is 3. The number of benzene rings is 1. The van der Waals surface area contributed by atoms with Crippen LogP contribution in [0.15, 0.2) is 18.2 Å². The molecule has 1 aromatic rings. The predicted molar refractivity (Wildman–Crippen MR) is 113 cm³/mol. The second kappa shape index (κ2) is 10.8. The van der Waals surface area contributed by atoms with Crippen LogP contribution in [0, 0.1) is 0 Å². The number of amides is 2. The van der Waals surface area contributed by atoms with Gasteiger partial charge in [0.15, 0.2) is 0 Å². The first kappa shape index (κ1) is 22.7. The third-order valence-corrected chi connectivity index (χ3v) is 4.82. The Labute approximate surface area is 172 Å². The molecule has 29 heavy (non-hydrogen) atoms. The molecule has 0 spiro atoms. The molecule has 0 bridgehead atoms. The zero-order chi connectivity index (χ0) is 21.4. The minimum absolute atomic E-state index is 0.0183. The van der Waals surface area contributed by atoms with Crippen molar-refractivity contribution in [2.45, 2.75) is 46.1 Å². The van der Waals surface area contributed by atoms with Crippen molar-refractivity contribution < 1.29 is 19.5 Å². The molecule has 2 amide bonds. The Kier molecular flexibility index (Phi) is 8.45. The SMILES string of the molecule is CCCCC(=O)Nc1ccc(N2CCN(CC(=O)NC(C)C)CC2)cc1C(=O)O. The van der Waals surface area contributed by atoms with Crippen molar-refractivity contribution in [3.05, 3.63) is 23.8 Å². The maximum Gasteiger partial charge on any atom is 0.337 e. The third kappa shape index (κ3) is 7.05. The Morgan fingerprint density at radius 3 is 2.38 bits per heavy atom. The molecular formula is C21H32N4O4. The molecule has 1 heterocycles. The lowest BCUT2D eigenvalue weighted by Crippen LogP contribution is -2.50. The fourth-order valence-electron chi connectivity index (χ4n) is 3.30. The van der Waals surface area contributed by atoms with Crippen LogP contribution in [0.3, 0.4) is 0 Å². The average molecular weight is 405 g/mol. The molecule has 3 N–H and O–H groups in total. The van der Waals surface area contributed by atoms with Gasteiger partial charge < -0.3 is 20.6 Å². The van der Waals surface area contributed by atoms with Gasteiger partial charge in [-0.25, -0.2) is 4.79 Å². The summed E-state index contributed by atoms with van der Waals surface area (Å²) in [6, 6.07) is 5.23. The highest BCUT2D eigenvalue weighted by Gasteiger charge is 2.21. The Balaban J connectivity index is 1.99. The van der Waals surface area contributed by atoms with E-state index in [4.69, 9.17) is 0 Å². The highest BCUT2D eigenvalue weighted by Crippen LogP contribution is 2.25. The van der Waals surface area contributed by atoms with Crippen LogP contribution in [0.5, 0.6) is 0 Å². The Morgan fingerprint density at radius 2 is 1.79 bits per heavy atom. The van der Waals surface area contributed by atoms with E-state index in [1.807, 2.05) is 26.8 Å². The Morgan fingerprint density at radius 1 is 1.10 bits per heavy atom. The van der Waals surface area contributed by atoms with Crippen LogP contribution in [-0.2, 0) is 9.59 Å². The summed E-state index contributed by atoms with van der Waals surface area (Å²) in [6.45, 7) is 9.10. The topological polar surface area (TPSA) is 102 Å². The van der Waals surface area contributed by atoms with Gasteiger partial charge in [-0.1, -0.05) is 13.3 Å². The van der Waals surface area contributed by atoms with E-state index in [1.165, 1.54) is 0 Å². The number of aromatic carboxylic acids is 1. The van der Waals surface area contributed by atoms with Crippen LogP contribution >= 0.6 is 0 Å². The number of unbranched alkanes of at least 4 members (excludes halogenated alkanes) is 1. The summed E-state index contributed by atoms with van der Waals surface area (Å²) in [5, 5.41) is 15.2. The van der Waals surface area contributed by atoms with Gasteiger partial charge in [-0.15, -0.1) is 0 Å². The van der Waals surface area contributed by atoms with E-state index in [2.05, 4.69) is 20.4 Å². The quantitative estimate of drug-likeness (QED) is 0.583. The number of carboxylic acids is 1. The number of carbonyl (C=O) groups excluding carboxylic acids is 2. The van der Waals surface area contributed by atoms with Gasteiger partial charge in [-0.3, -0.25) is 14.5 Å². The van der Waals surface area contributed by atoms with E-state index < -0.39 is 5.97 Å². The molecule has 2 rings (SSSR count). The van der Waals surface area contributed by atoms with E-state index in [1.54, 1.807) is 12.1 Å². The van der Waals surface area contributed by atoms with Gasteiger partial charge in [0.05, 0.1) is 17.8 Å². The molecule has 1 aromatic carbocycles. The Bertz CT molecular complexity index is 727. The van der Waals surface area contributed by atoms with Gasteiger partial charge in [0.25, 0.3) is 0 Å². The third-order valence-electron chi connectivity index (χ3n) is 4.82. The largest absolute Gasteiger partial charge is 0.478 e. The standard InChI is InChI=1S/C21H32N4O4/c1-4-5-6-19(26)23-18-8-7-16(13-17(18)21(28)29)25-11-9-24(10-12-25)14-20(27)22-15(2)3/h7-8,13,15H,4-6,9-12,14H2,1-3H3,(H,22,27)(H,23,26)(H,28,29). The lowest BCUT2D eigenvalue weighted by Gasteiger charge is -2.36. The van der Waals surface area contributed by atoms with Crippen molar-refractivity contribution in [3.63, 3.8) is 0 Å². The molecule has 0 atom stereocenters. The molecule has 0 aromatic heterocycles. The molecule has 0 radical (unpaired) electrons. The van der Waals surface area contributed by atoms with E-state index in [9.17, 15) is 19.5 Å². The van der Waals surface area contributed by atoms with Crippen LogP contribution in [0.1, 0.15) is 50.4 Å². The van der Waals surface area contributed by atoms with Crippen LogP contribution < -0.4 is 15.5 Å². The molecule has 8 nitrogen and oxygen atoms in total. The number of nitrogens with zero attached hydrogens (tertiary/aromatic N) is 2. The first-order valence-corrected chi connectivity index (χ1v) is 10.2. The smallest absolute Gasteiger partial charge is 0.337 e. The van der Waals surface area contributed by atoms with E-state index in [0.717, 1.165) is 31.6 Å². The van der Waals surface area contributed by atoms with Gasteiger partial charge in [-0.05, 0) is 38.5 Å². The minimum Gasteiger partial charge on any atom is -0.478 e. The molecule has 1 fully saturated rings. The number of nitrogens with one attached hydrogen (secondary N) is 2. The van der Waals surface area contributed by atoms with E-state index in [-0.39, 0.29) is 23.4 Å². The monoisotopic (exact) mass is 404 g/mol. The van der Waals surface area contributed by atoms with Gasteiger partial charge >= 0.3 is 5.97 Å². The summed E-state index contributed by atoms with van der Waals surface area (Å²) >= 11 is 0. The van der Waals surface area contributed by atoms with Crippen LogP contribution in [0.4, 0.5) is 11.4 Å². The summed E-state index contributed by atoms with van der Waals surface area (Å²) in [5.41, 5.74) is 1.22. The molecule has 1 aliphatic rings. The van der Waals surface area contributed by atoms with Gasteiger partial charge in [-0.2, -0.15) is 0 Å². The van der Waals surface area contributed by atoms with Crippen molar-refractivity contribution in [2.75, 3.05) is 42.9 Å². The van der Waals surface area contributed by atoms with Crippen molar-refractivity contribution in [1.29, 1.82) is 0 Å². The molecule has 1 aliphatic heterocycles. The minimum atomic E-state index is -1.07. The van der Waals surface area contributed by atoms with Crippen LogP contribution in [-0.4, -0.2) is 66.6 Å². The fourth-order valence-corrected chi connectivity index (χ4v) is 3.30. The lowest BCUT2D eigenvalue weighted by atomic mass is 10.1. The summed E-state index contributed by atoms with van der Waals surface area (Å²) < 4.78 is 0. The summed E-state index contributed by atoms with van der Waals surface area (Å²) in [5.74, 6) is -1.22. The molecule has 160 valence electrons. The summed E-state index contributed by atoms with van der Waals surface area (Å²) in [7, 11) is 0. The molecular weight excluding hydrogens is 372 g/mol. The van der Waals surface area contributed by atoms with Crippen LogP contribution in [0.25, 0.3) is 0 Å². The number of hydrogen-bond acceptors (Lipinski definition) is 5. The Hall–Kier alpha value is -2.61. The second-order valence-corrected chi connectivity index (χ2v) is 7.67. The number of piperazine rings is 1. The lowest BCUT2D eigenvalue weighted by molar-refractivity contribution is -0.122. The second-order valence-electron chi connectivity index (χ2n) is 7.67. The maximum atomic E-state index is 12.0. The highest BCUT2D eigenvalue weighted by molar-refractivity contribution is 6.01. The fraction of sp³-hybridized carbons (Fsp3) is 0.571. The zero-order valence-corrected chi connectivity index (χ0v) is 17.5. The van der Waals surface area contributed by atoms with Gasteiger partial charge in [0.2, 0.25) is 11.8 Å². The summed E-state index contributed by atoms with van der Waals surface area (Å²) in [4.78, 5) is 39.8. The predicted octanol–water partition coefficient (Wildman–Crippen LogP) is 2.16. The van der Waals surface area contributed by atoms with Gasteiger partial charge in [0.1, 0.15) is 0 Å². The van der Waals surface area contributed by atoms with Crippen LogP contribution in [0.2, 0.25) is 0 Å². The maximum absolute atomic E-state index is 12.0. The first-order valence-electron chi connectivity index (χ1n) is 10.2. The number of carboxylic acid groups (broad SMARTS) is 1. The first-order chi connectivity index (χ1) is 13.8. The van der Waals surface area contributed by atoms with Crippen molar-refractivity contribution in [2.24, 2.45) is 0 Å². The van der Waals surface area contributed by atoms with E-state index in [0.29, 0.717) is 31.7 Å². The number of rotatable bonds is 9. The average Bonchev–Trinajstić information content (AvgIpc) is 2.66. The zero-order valence-electron chi connectivity index (χ0n) is 17.5. The number of carbonyl (C=O) groups is 3. The highest BCUT2D eigenvalue weighted by atomic mass is 16.4. The molecule has 1 saturated heterocycles. The van der Waals surface area contributed by atoms with Crippen molar-refractivity contribution in [1.82, 2.24) is 10.2 Å². The normalized spacial score (nSPS) is 14.7. The van der Waals surface area contributed by atoms with Crippen molar-refractivity contribution >= 4 is 29.2 Å². The van der Waals surface area contributed by atoms with E-state index >= 15 is 0 Å².